The molecule has 2 N–H and O–H groups in total. The van der Waals surface area contributed by atoms with E-state index in [-0.39, 0.29) is 11.8 Å². The molecule has 1 aromatic carbocycles. The van der Waals surface area contributed by atoms with Crippen molar-refractivity contribution >= 4 is 5.97 Å². The molecule has 0 fully saturated rings. The number of carboxylic acid groups (broad SMARTS) is 1. The van der Waals surface area contributed by atoms with Crippen LogP contribution in [0.15, 0.2) is 24.3 Å². The van der Waals surface area contributed by atoms with Crippen LogP contribution in [0.4, 0.5) is 0 Å². The second kappa shape index (κ2) is 5.32. The van der Waals surface area contributed by atoms with Crippen LogP contribution in [0.2, 0.25) is 0 Å². The van der Waals surface area contributed by atoms with E-state index in [4.69, 9.17) is 5.11 Å². The first-order valence-corrected chi connectivity index (χ1v) is 5.79. The smallest absolute Gasteiger partial charge is 0.303 e. The largest absolute Gasteiger partial charge is 0.481 e. The van der Waals surface area contributed by atoms with Crippen molar-refractivity contribution in [1.82, 2.24) is 0 Å². The Hall–Kier alpha value is -1.35. The number of hydrogen-bond donors (Lipinski definition) is 2. The van der Waals surface area contributed by atoms with Crippen molar-refractivity contribution in [2.24, 2.45) is 5.41 Å². The second-order valence-corrected chi connectivity index (χ2v) is 5.41. The summed E-state index contributed by atoms with van der Waals surface area (Å²) in [5, 5.41) is 18.8. The summed E-state index contributed by atoms with van der Waals surface area (Å²) in [6.45, 7) is 5.92. The summed E-state index contributed by atoms with van der Waals surface area (Å²) >= 11 is 0. The number of rotatable bonds is 4. The zero-order valence-electron chi connectivity index (χ0n) is 10.6. The maximum absolute atomic E-state index is 10.5. The Kier molecular flexibility index (Phi) is 4.29. The molecule has 0 aliphatic carbocycles. The van der Waals surface area contributed by atoms with Gasteiger partial charge in [-0.3, -0.25) is 4.79 Å². The predicted molar refractivity (Wildman–Crippen MR) is 66.8 cm³/mol. The van der Waals surface area contributed by atoms with Crippen LogP contribution in [0.3, 0.4) is 0 Å². The van der Waals surface area contributed by atoms with Crippen LogP contribution < -0.4 is 0 Å². The number of aryl methyl sites for hydroxylation is 1. The summed E-state index contributed by atoms with van der Waals surface area (Å²) in [6.07, 6.45) is 0.0852. The van der Waals surface area contributed by atoms with Gasteiger partial charge in [0.15, 0.2) is 0 Å². The topological polar surface area (TPSA) is 57.5 Å². The summed E-state index contributed by atoms with van der Waals surface area (Å²) < 4.78 is 0. The number of hydrogen-bond acceptors (Lipinski definition) is 2. The van der Waals surface area contributed by atoms with Gasteiger partial charge in [0.05, 0.1) is 6.10 Å². The Bertz CT molecular complexity index is 391. The summed E-state index contributed by atoms with van der Waals surface area (Å²) in [5.41, 5.74) is 1.58. The third-order valence-corrected chi connectivity index (χ3v) is 2.71. The average Bonchev–Trinajstić information content (AvgIpc) is 2.24. The Labute approximate surface area is 102 Å². The summed E-state index contributed by atoms with van der Waals surface area (Å²) in [5.74, 6) is -0.799. The van der Waals surface area contributed by atoms with Crippen LogP contribution in [0.1, 0.15) is 44.4 Å². The highest BCUT2D eigenvalue weighted by Crippen LogP contribution is 2.32. The van der Waals surface area contributed by atoms with E-state index in [2.05, 4.69) is 0 Å². The lowest BCUT2D eigenvalue weighted by Crippen LogP contribution is -2.17. The van der Waals surface area contributed by atoms with Crippen LogP contribution >= 0.6 is 0 Å². The molecule has 0 radical (unpaired) electrons. The van der Waals surface area contributed by atoms with E-state index in [0.717, 1.165) is 11.1 Å². The second-order valence-electron chi connectivity index (χ2n) is 5.41. The van der Waals surface area contributed by atoms with Gasteiger partial charge < -0.3 is 10.2 Å². The summed E-state index contributed by atoms with van der Waals surface area (Å²) in [4.78, 5) is 10.5. The molecule has 0 heterocycles. The monoisotopic (exact) mass is 236 g/mol. The van der Waals surface area contributed by atoms with Crippen molar-refractivity contribution in [3.05, 3.63) is 35.4 Å². The molecule has 0 saturated heterocycles. The lowest BCUT2D eigenvalue weighted by atomic mass is 9.84. The maximum atomic E-state index is 10.5. The molecule has 94 valence electrons. The molecule has 0 amide bonds. The number of aliphatic hydroxyl groups is 1. The van der Waals surface area contributed by atoms with Gasteiger partial charge in [-0.15, -0.1) is 0 Å². The minimum Gasteiger partial charge on any atom is -0.481 e. The van der Waals surface area contributed by atoms with E-state index in [1.165, 1.54) is 0 Å². The molecule has 17 heavy (non-hydrogen) atoms. The molecule has 0 saturated carbocycles. The Balaban J connectivity index is 2.82. The van der Waals surface area contributed by atoms with Gasteiger partial charge in [-0.2, -0.15) is 0 Å². The van der Waals surface area contributed by atoms with Gasteiger partial charge in [0.25, 0.3) is 0 Å². The number of aliphatic carboxylic acids is 1. The van der Waals surface area contributed by atoms with E-state index < -0.39 is 12.1 Å². The summed E-state index contributed by atoms with van der Waals surface area (Å²) in [6, 6.07) is 7.52. The van der Waals surface area contributed by atoms with Gasteiger partial charge in [-0.05, 0) is 23.0 Å². The van der Waals surface area contributed by atoms with E-state index in [1.807, 2.05) is 45.0 Å². The molecule has 1 aromatic rings. The van der Waals surface area contributed by atoms with Gasteiger partial charge in [0.1, 0.15) is 0 Å². The van der Waals surface area contributed by atoms with Crippen molar-refractivity contribution in [2.75, 3.05) is 0 Å². The molecule has 0 bridgehead atoms. The van der Waals surface area contributed by atoms with E-state index in [9.17, 15) is 9.90 Å². The van der Waals surface area contributed by atoms with Crippen LogP contribution in [0.5, 0.6) is 0 Å². The molecule has 3 nitrogen and oxygen atoms in total. The van der Waals surface area contributed by atoms with Gasteiger partial charge in [-0.25, -0.2) is 0 Å². The maximum Gasteiger partial charge on any atom is 0.303 e. The third-order valence-electron chi connectivity index (χ3n) is 2.71. The molecule has 0 aliphatic rings. The minimum absolute atomic E-state index is 0.120. The van der Waals surface area contributed by atoms with E-state index >= 15 is 0 Å². The number of benzene rings is 1. The van der Waals surface area contributed by atoms with Crippen LogP contribution in [0.25, 0.3) is 0 Å². The first-order chi connectivity index (χ1) is 7.80. The van der Waals surface area contributed by atoms with E-state index in [0.29, 0.717) is 6.42 Å². The lowest BCUT2D eigenvalue weighted by Gasteiger charge is -2.26. The normalized spacial score (nSPS) is 13.4. The highest BCUT2D eigenvalue weighted by molar-refractivity contribution is 5.67. The Morgan fingerprint density at radius 3 is 2.53 bits per heavy atom. The number of carboxylic acids is 1. The van der Waals surface area contributed by atoms with Gasteiger partial charge >= 0.3 is 5.97 Å². The van der Waals surface area contributed by atoms with Gasteiger partial charge in [0, 0.05) is 6.42 Å². The first-order valence-electron chi connectivity index (χ1n) is 5.79. The third kappa shape index (κ3) is 4.19. The molecule has 1 atom stereocenters. The molecular weight excluding hydrogens is 216 g/mol. The molecule has 1 unspecified atom stereocenters. The van der Waals surface area contributed by atoms with Gasteiger partial charge in [-0.1, -0.05) is 45.0 Å². The van der Waals surface area contributed by atoms with Crippen molar-refractivity contribution < 1.29 is 15.0 Å². The fraction of sp³-hybridized carbons (Fsp3) is 0.500. The first kappa shape index (κ1) is 13.7. The molecule has 0 aromatic heterocycles. The van der Waals surface area contributed by atoms with Crippen molar-refractivity contribution in [1.29, 1.82) is 0 Å². The molecule has 0 spiro atoms. The zero-order valence-corrected chi connectivity index (χ0v) is 10.6. The van der Waals surface area contributed by atoms with E-state index in [1.54, 1.807) is 0 Å². The fourth-order valence-electron chi connectivity index (χ4n) is 1.67. The molecule has 0 aliphatic heterocycles. The number of carbonyl (C=O) groups is 1. The SMILES string of the molecule is CC(C)(C)C(O)c1cccc(CCC(=O)O)c1. The lowest BCUT2D eigenvalue weighted by molar-refractivity contribution is -0.136. The quantitative estimate of drug-likeness (QED) is 0.845. The van der Waals surface area contributed by atoms with Crippen molar-refractivity contribution in [3.8, 4) is 0 Å². The molecular formula is C14H20O3. The van der Waals surface area contributed by atoms with Crippen molar-refractivity contribution in [2.45, 2.75) is 39.7 Å². The standard InChI is InChI=1S/C14H20O3/c1-14(2,3)13(17)11-6-4-5-10(9-11)7-8-12(15)16/h4-6,9,13,17H,7-8H2,1-3H3,(H,15,16). The van der Waals surface area contributed by atoms with Gasteiger partial charge in [0.2, 0.25) is 0 Å². The Morgan fingerprint density at radius 2 is 2.00 bits per heavy atom. The highest BCUT2D eigenvalue weighted by atomic mass is 16.4. The highest BCUT2D eigenvalue weighted by Gasteiger charge is 2.23. The molecule has 1 rings (SSSR count). The van der Waals surface area contributed by atoms with Crippen LogP contribution in [-0.4, -0.2) is 16.2 Å². The van der Waals surface area contributed by atoms with Crippen LogP contribution in [0, 0.1) is 5.41 Å². The number of aliphatic hydroxyl groups excluding tert-OH is 1. The predicted octanol–water partition coefficient (Wildman–Crippen LogP) is 2.78. The van der Waals surface area contributed by atoms with Crippen LogP contribution in [-0.2, 0) is 11.2 Å². The molecule has 3 heteroatoms. The zero-order chi connectivity index (χ0) is 13.1. The van der Waals surface area contributed by atoms with Crippen molar-refractivity contribution in [3.63, 3.8) is 0 Å². The Morgan fingerprint density at radius 1 is 1.35 bits per heavy atom. The summed E-state index contributed by atoms with van der Waals surface area (Å²) in [7, 11) is 0. The fourth-order valence-corrected chi connectivity index (χ4v) is 1.67. The average molecular weight is 236 g/mol. The minimum atomic E-state index is -0.799.